The Kier molecular flexibility index (Phi) is 5.60. The first-order valence-electron chi connectivity index (χ1n) is 7.80. The van der Waals surface area contributed by atoms with Gasteiger partial charge in [-0.3, -0.25) is 14.9 Å². The number of nitrogens with one attached hydrogen (secondary N) is 2. The van der Waals surface area contributed by atoms with Gasteiger partial charge in [0.15, 0.2) is 0 Å². The van der Waals surface area contributed by atoms with E-state index in [2.05, 4.69) is 10.6 Å². The molecule has 2 unspecified atom stereocenters. The smallest absolute Gasteiger partial charge is 0.236 e. The van der Waals surface area contributed by atoms with Crippen molar-refractivity contribution in [3.63, 3.8) is 0 Å². The van der Waals surface area contributed by atoms with Crippen LogP contribution >= 0.6 is 0 Å². The van der Waals surface area contributed by atoms with Crippen LogP contribution in [0, 0.1) is 6.92 Å². The molecule has 2 amide bonds. The van der Waals surface area contributed by atoms with Gasteiger partial charge in [-0.1, -0.05) is 0 Å². The molecule has 1 aromatic heterocycles. The van der Waals surface area contributed by atoms with Crippen LogP contribution in [0.1, 0.15) is 44.3 Å². The van der Waals surface area contributed by atoms with Crippen LogP contribution in [0.4, 0.5) is 0 Å². The minimum atomic E-state index is -0.0424. The first-order valence-corrected chi connectivity index (χ1v) is 7.80. The summed E-state index contributed by atoms with van der Waals surface area (Å²) >= 11 is 0. The van der Waals surface area contributed by atoms with Crippen molar-refractivity contribution in [2.45, 2.75) is 45.7 Å². The fourth-order valence-corrected chi connectivity index (χ4v) is 2.75. The molecule has 0 saturated carbocycles. The van der Waals surface area contributed by atoms with E-state index in [0.717, 1.165) is 30.9 Å². The second-order valence-electron chi connectivity index (χ2n) is 5.93. The summed E-state index contributed by atoms with van der Waals surface area (Å²) in [5.41, 5.74) is 0. The van der Waals surface area contributed by atoms with E-state index in [1.807, 2.05) is 30.9 Å². The van der Waals surface area contributed by atoms with Crippen molar-refractivity contribution in [3.8, 4) is 0 Å². The third-order valence-electron chi connectivity index (χ3n) is 3.93. The van der Waals surface area contributed by atoms with E-state index in [-0.39, 0.29) is 30.4 Å². The summed E-state index contributed by atoms with van der Waals surface area (Å²) in [6.45, 7) is 7.00. The summed E-state index contributed by atoms with van der Waals surface area (Å²) in [6.07, 6.45) is 1.85. The largest absolute Gasteiger partial charge is 0.465 e. The molecule has 1 aliphatic heterocycles. The summed E-state index contributed by atoms with van der Waals surface area (Å²) in [6, 6.07) is 3.90. The fourth-order valence-electron chi connectivity index (χ4n) is 2.75. The highest BCUT2D eigenvalue weighted by Crippen LogP contribution is 2.15. The predicted molar refractivity (Wildman–Crippen MR) is 83.3 cm³/mol. The molecule has 0 bridgehead atoms. The number of carbonyl (C=O) groups is 2. The Morgan fingerprint density at radius 1 is 1.45 bits per heavy atom. The average Bonchev–Trinajstić information content (AvgIpc) is 2.90. The van der Waals surface area contributed by atoms with E-state index >= 15 is 0 Å². The quantitative estimate of drug-likeness (QED) is 0.861. The normalized spacial score (nSPS) is 19.8. The summed E-state index contributed by atoms with van der Waals surface area (Å²) in [5.74, 6) is 1.72. The first-order chi connectivity index (χ1) is 10.5. The molecule has 22 heavy (non-hydrogen) atoms. The topological polar surface area (TPSA) is 74.6 Å². The minimum Gasteiger partial charge on any atom is -0.465 e. The Morgan fingerprint density at radius 3 is 2.86 bits per heavy atom. The van der Waals surface area contributed by atoms with Crippen LogP contribution in [0.5, 0.6) is 0 Å². The van der Waals surface area contributed by atoms with Gasteiger partial charge in [-0.25, -0.2) is 0 Å². The minimum absolute atomic E-state index is 0.00594. The third-order valence-corrected chi connectivity index (χ3v) is 3.93. The molecule has 1 fully saturated rings. The van der Waals surface area contributed by atoms with Crippen molar-refractivity contribution >= 4 is 11.8 Å². The van der Waals surface area contributed by atoms with Crippen molar-refractivity contribution in [1.29, 1.82) is 0 Å². The number of carbonyl (C=O) groups excluding carboxylic acids is 2. The maximum absolute atomic E-state index is 12.3. The van der Waals surface area contributed by atoms with Crippen LogP contribution in [-0.4, -0.2) is 42.4 Å². The standard InChI is InChI=1S/C16H25N3O3/c1-11-6-7-15(22-11)12(2)17-9-16(21)19-8-4-5-14(10-19)18-13(3)20/h6-7,12,14,17H,4-5,8-10H2,1-3H3,(H,18,20). The molecule has 2 heterocycles. The van der Waals surface area contributed by atoms with Crippen molar-refractivity contribution in [2.24, 2.45) is 0 Å². The SMILES string of the molecule is CC(=O)NC1CCCN(C(=O)CNC(C)c2ccc(C)o2)C1. The zero-order valence-electron chi connectivity index (χ0n) is 13.5. The highest BCUT2D eigenvalue weighted by Gasteiger charge is 2.24. The summed E-state index contributed by atoms with van der Waals surface area (Å²) in [7, 11) is 0. The van der Waals surface area contributed by atoms with Crippen molar-refractivity contribution in [2.75, 3.05) is 19.6 Å². The van der Waals surface area contributed by atoms with E-state index in [1.165, 1.54) is 6.92 Å². The van der Waals surface area contributed by atoms with E-state index in [0.29, 0.717) is 6.54 Å². The van der Waals surface area contributed by atoms with Crippen LogP contribution in [0.15, 0.2) is 16.5 Å². The molecule has 1 aliphatic rings. The fraction of sp³-hybridized carbons (Fsp3) is 0.625. The van der Waals surface area contributed by atoms with E-state index in [1.54, 1.807) is 0 Å². The first kappa shape index (κ1) is 16.5. The van der Waals surface area contributed by atoms with Gasteiger partial charge >= 0.3 is 0 Å². The molecule has 1 aromatic rings. The molecule has 0 radical (unpaired) electrons. The summed E-state index contributed by atoms with van der Waals surface area (Å²) < 4.78 is 5.55. The van der Waals surface area contributed by atoms with Crippen LogP contribution in [0.25, 0.3) is 0 Å². The number of hydrogen-bond donors (Lipinski definition) is 2. The van der Waals surface area contributed by atoms with E-state index in [9.17, 15) is 9.59 Å². The molecular formula is C16H25N3O3. The van der Waals surface area contributed by atoms with Crippen LogP contribution in [0.3, 0.4) is 0 Å². The van der Waals surface area contributed by atoms with Crippen molar-refractivity contribution in [3.05, 3.63) is 23.7 Å². The number of furan rings is 1. The molecule has 2 atom stereocenters. The van der Waals surface area contributed by atoms with Crippen LogP contribution in [-0.2, 0) is 9.59 Å². The lowest BCUT2D eigenvalue weighted by Crippen LogP contribution is -2.51. The highest BCUT2D eigenvalue weighted by atomic mass is 16.3. The number of aryl methyl sites for hydroxylation is 1. The van der Waals surface area contributed by atoms with Gasteiger partial charge in [0.05, 0.1) is 12.6 Å². The van der Waals surface area contributed by atoms with Gasteiger partial charge in [0.25, 0.3) is 0 Å². The Hall–Kier alpha value is -1.82. The molecule has 2 N–H and O–H groups in total. The highest BCUT2D eigenvalue weighted by molar-refractivity contribution is 5.78. The lowest BCUT2D eigenvalue weighted by atomic mass is 10.1. The van der Waals surface area contributed by atoms with E-state index in [4.69, 9.17) is 4.42 Å². The average molecular weight is 307 g/mol. The van der Waals surface area contributed by atoms with Gasteiger partial charge in [-0.05, 0) is 38.8 Å². The number of piperidine rings is 1. The zero-order chi connectivity index (χ0) is 16.1. The molecule has 6 heteroatoms. The Balaban J connectivity index is 1.80. The maximum atomic E-state index is 12.3. The van der Waals surface area contributed by atoms with Gasteiger partial charge in [0.2, 0.25) is 11.8 Å². The molecule has 0 aliphatic carbocycles. The van der Waals surface area contributed by atoms with Crippen LogP contribution in [0.2, 0.25) is 0 Å². The third kappa shape index (κ3) is 4.59. The maximum Gasteiger partial charge on any atom is 0.236 e. The summed E-state index contributed by atoms with van der Waals surface area (Å²) in [5, 5.41) is 6.08. The van der Waals surface area contributed by atoms with Gasteiger partial charge < -0.3 is 14.6 Å². The lowest BCUT2D eigenvalue weighted by molar-refractivity contribution is -0.132. The number of nitrogens with zero attached hydrogens (tertiary/aromatic N) is 1. The lowest BCUT2D eigenvalue weighted by Gasteiger charge is -2.33. The van der Waals surface area contributed by atoms with Gasteiger partial charge in [-0.2, -0.15) is 0 Å². The van der Waals surface area contributed by atoms with E-state index < -0.39 is 0 Å². The van der Waals surface area contributed by atoms with Crippen molar-refractivity contribution < 1.29 is 14.0 Å². The molecule has 0 spiro atoms. The Morgan fingerprint density at radius 2 is 2.23 bits per heavy atom. The molecule has 2 rings (SSSR count). The molecule has 1 saturated heterocycles. The van der Waals surface area contributed by atoms with Gasteiger partial charge in [0, 0.05) is 26.1 Å². The molecule has 6 nitrogen and oxygen atoms in total. The van der Waals surface area contributed by atoms with Crippen LogP contribution < -0.4 is 10.6 Å². The molecular weight excluding hydrogens is 282 g/mol. The second kappa shape index (κ2) is 7.45. The van der Waals surface area contributed by atoms with Gasteiger partial charge in [0.1, 0.15) is 11.5 Å². The monoisotopic (exact) mass is 307 g/mol. The van der Waals surface area contributed by atoms with Crippen molar-refractivity contribution in [1.82, 2.24) is 15.5 Å². The molecule has 0 aromatic carbocycles. The number of rotatable bonds is 5. The number of hydrogen-bond acceptors (Lipinski definition) is 4. The molecule has 122 valence electrons. The van der Waals surface area contributed by atoms with Gasteiger partial charge in [-0.15, -0.1) is 0 Å². The number of likely N-dealkylation sites (tertiary alicyclic amines) is 1. The second-order valence-corrected chi connectivity index (χ2v) is 5.93. The Bertz CT molecular complexity index is 526. The summed E-state index contributed by atoms with van der Waals surface area (Å²) in [4.78, 5) is 25.2. The zero-order valence-corrected chi connectivity index (χ0v) is 13.5. The Labute approximate surface area is 131 Å². The predicted octanol–water partition coefficient (Wildman–Crippen LogP) is 1.37. The number of amides is 2.